The lowest BCUT2D eigenvalue weighted by molar-refractivity contribution is 0.475. The van der Waals surface area contributed by atoms with E-state index in [1.54, 1.807) is 6.26 Å². The summed E-state index contributed by atoms with van der Waals surface area (Å²) in [5.41, 5.74) is 0. The van der Waals surface area contributed by atoms with E-state index in [0.717, 1.165) is 11.5 Å². The van der Waals surface area contributed by atoms with Gasteiger partial charge in [-0.3, -0.25) is 0 Å². The summed E-state index contributed by atoms with van der Waals surface area (Å²) in [5, 5.41) is 0.794. The van der Waals surface area contributed by atoms with Crippen LogP contribution in [0.3, 0.4) is 0 Å². The molecular weight excluding hydrogens is 164 g/mol. The number of rotatable bonds is 3. The Morgan fingerprint density at radius 3 is 2.30 bits per heavy atom. The van der Waals surface area contributed by atoms with Crippen LogP contribution in [0.1, 0.15) is 13.3 Å². The molecule has 0 bridgehead atoms. The highest BCUT2D eigenvalue weighted by atomic mass is 35.5. The van der Waals surface area contributed by atoms with Gasteiger partial charge in [0.05, 0.1) is 11.3 Å². The van der Waals surface area contributed by atoms with Gasteiger partial charge in [-0.2, -0.15) is 0 Å². The molecule has 0 rings (SSSR count). The minimum atomic E-state index is -1.40. The second-order valence-electron chi connectivity index (χ2n) is 3.15. The topological polar surface area (TPSA) is 9.23 Å². The van der Waals surface area contributed by atoms with Crippen molar-refractivity contribution < 1.29 is 4.43 Å². The third-order valence-corrected chi connectivity index (χ3v) is 2.06. The van der Waals surface area contributed by atoms with Crippen LogP contribution in [-0.2, 0) is 4.43 Å². The first-order chi connectivity index (χ1) is 4.45. The van der Waals surface area contributed by atoms with E-state index in [2.05, 4.69) is 19.6 Å². The SMILES string of the molecule is CCC(Cl)=CO[Si](C)(C)C. The maximum absolute atomic E-state index is 5.73. The molecule has 0 aliphatic heterocycles. The van der Waals surface area contributed by atoms with Gasteiger partial charge in [-0.25, -0.2) is 0 Å². The van der Waals surface area contributed by atoms with Crippen molar-refractivity contribution in [2.24, 2.45) is 0 Å². The summed E-state index contributed by atoms with van der Waals surface area (Å²) in [6.45, 7) is 8.39. The minimum Gasteiger partial charge on any atom is -0.549 e. The molecule has 0 spiro atoms. The molecule has 3 heteroatoms. The van der Waals surface area contributed by atoms with Crippen LogP contribution in [0.4, 0.5) is 0 Å². The van der Waals surface area contributed by atoms with Gasteiger partial charge in [0.25, 0.3) is 0 Å². The first-order valence-electron chi connectivity index (χ1n) is 3.48. The van der Waals surface area contributed by atoms with Crippen molar-refractivity contribution in [1.29, 1.82) is 0 Å². The average Bonchev–Trinajstić information content (AvgIpc) is 1.81. The number of hydrogen-bond acceptors (Lipinski definition) is 1. The second-order valence-corrected chi connectivity index (χ2v) is 8.09. The predicted molar refractivity (Wildman–Crippen MR) is 48.7 cm³/mol. The first kappa shape index (κ1) is 10.0. The monoisotopic (exact) mass is 178 g/mol. The van der Waals surface area contributed by atoms with Crippen molar-refractivity contribution in [1.82, 2.24) is 0 Å². The van der Waals surface area contributed by atoms with Crippen LogP contribution >= 0.6 is 11.6 Å². The lowest BCUT2D eigenvalue weighted by atomic mass is 10.5. The minimum absolute atomic E-state index is 0.794. The van der Waals surface area contributed by atoms with Crippen LogP contribution in [0.15, 0.2) is 11.3 Å². The zero-order valence-corrected chi connectivity index (χ0v) is 8.83. The summed E-state index contributed by atoms with van der Waals surface area (Å²) < 4.78 is 5.43. The molecule has 10 heavy (non-hydrogen) atoms. The molecule has 1 nitrogen and oxygen atoms in total. The van der Waals surface area contributed by atoms with Crippen molar-refractivity contribution >= 4 is 19.9 Å². The van der Waals surface area contributed by atoms with Gasteiger partial charge in [0, 0.05) is 0 Å². The molecule has 0 atom stereocenters. The number of halogens is 1. The van der Waals surface area contributed by atoms with Crippen molar-refractivity contribution in [2.45, 2.75) is 33.0 Å². The van der Waals surface area contributed by atoms with E-state index in [0.29, 0.717) is 0 Å². The van der Waals surface area contributed by atoms with E-state index in [9.17, 15) is 0 Å². The van der Waals surface area contributed by atoms with Gasteiger partial charge in [0.2, 0.25) is 8.32 Å². The molecule has 0 saturated heterocycles. The van der Waals surface area contributed by atoms with Gasteiger partial charge >= 0.3 is 0 Å². The second kappa shape index (κ2) is 4.04. The van der Waals surface area contributed by atoms with E-state index in [-0.39, 0.29) is 0 Å². The molecule has 0 aliphatic rings. The Morgan fingerprint density at radius 2 is 2.00 bits per heavy atom. The van der Waals surface area contributed by atoms with Gasteiger partial charge in [0.1, 0.15) is 0 Å². The molecule has 0 amide bonds. The van der Waals surface area contributed by atoms with Gasteiger partial charge in [-0.1, -0.05) is 18.5 Å². The van der Waals surface area contributed by atoms with Gasteiger partial charge < -0.3 is 4.43 Å². The Bertz CT molecular complexity index is 126. The molecular formula is C7H15ClOSi. The molecule has 0 aromatic rings. The Balaban J connectivity index is 3.73. The Kier molecular flexibility index (Phi) is 4.06. The Hall–Kier alpha value is 0.0469. The van der Waals surface area contributed by atoms with Gasteiger partial charge in [-0.15, -0.1) is 0 Å². The molecule has 0 aromatic heterocycles. The van der Waals surface area contributed by atoms with Crippen LogP contribution < -0.4 is 0 Å². The lowest BCUT2D eigenvalue weighted by Crippen LogP contribution is -2.22. The average molecular weight is 179 g/mol. The van der Waals surface area contributed by atoms with Crippen LogP contribution in [-0.4, -0.2) is 8.32 Å². The quantitative estimate of drug-likeness (QED) is 0.476. The molecule has 0 radical (unpaired) electrons. The fourth-order valence-electron chi connectivity index (χ4n) is 0.324. The summed E-state index contributed by atoms with van der Waals surface area (Å²) in [5.74, 6) is 0. The normalized spacial score (nSPS) is 13.5. The molecule has 0 N–H and O–H groups in total. The molecule has 0 unspecified atom stereocenters. The van der Waals surface area contributed by atoms with E-state index >= 15 is 0 Å². The summed E-state index contributed by atoms with van der Waals surface area (Å²) in [4.78, 5) is 0. The summed E-state index contributed by atoms with van der Waals surface area (Å²) in [6, 6.07) is 0. The fraction of sp³-hybridized carbons (Fsp3) is 0.714. The van der Waals surface area contributed by atoms with Gasteiger partial charge in [0.15, 0.2) is 0 Å². The highest BCUT2D eigenvalue weighted by Gasteiger charge is 2.13. The molecule has 0 aliphatic carbocycles. The maximum Gasteiger partial charge on any atom is 0.241 e. The third-order valence-electron chi connectivity index (χ3n) is 0.878. The van der Waals surface area contributed by atoms with E-state index in [4.69, 9.17) is 16.0 Å². The largest absolute Gasteiger partial charge is 0.549 e. The van der Waals surface area contributed by atoms with E-state index in [1.807, 2.05) is 6.92 Å². The summed E-state index contributed by atoms with van der Waals surface area (Å²) in [7, 11) is -1.40. The molecule has 0 saturated carbocycles. The molecule has 0 heterocycles. The number of hydrogen-bond donors (Lipinski definition) is 0. The van der Waals surface area contributed by atoms with Crippen molar-refractivity contribution in [3.63, 3.8) is 0 Å². The zero-order chi connectivity index (χ0) is 8.20. The number of allylic oxidation sites excluding steroid dienone is 1. The van der Waals surface area contributed by atoms with Crippen LogP contribution in [0.5, 0.6) is 0 Å². The lowest BCUT2D eigenvalue weighted by Gasteiger charge is -2.15. The maximum atomic E-state index is 5.73. The van der Waals surface area contributed by atoms with Crippen LogP contribution in [0, 0.1) is 0 Å². The van der Waals surface area contributed by atoms with Gasteiger partial charge in [-0.05, 0) is 26.1 Å². The fourth-order valence-corrected chi connectivity index (χ4v) is 0.939. The Labute approximate surface area is 69.2 Å². The molecule has 60 valence electrons. The highest BCUT2D eigenvalue weighted by molar-refractivity contribution is 6.69. The van der Waals surface area contributed by atoms with Crippen LogP contribution in [0.2, 0.25) is 19.6 Å². The predicted octanol–water partition coefficient (Wildman–Crippen LogP) is 3.33. The highest BCUT2D eigenvalue weighted by Crippen LogP contribution is 2.10. The Morgan fingerprint density at radius 1 is 1.50 bits per heavy atom. The third kappa shape index (κ3) is 6.17. The van der Waals surface area contributed by atoms with Crippen molar-refractivity contribution in [3.05, 3.63) is 11.3 Å². The van der Waals surface area contributed by atoms with Crippen LogP contribution in [0.25, 0.3) is 0 Å². The van der Waals surface area contributed by atoms with Crippen molar-refractivity contribution in [3.8, 4) is 0 Å². The molecule has 0 fully saturated rings. The summed E-state index contributed by atoms with van der Waals surface area (Å²) in [6.07, 6.45) is 2.53. The first-order valence-corrected chi connectivity index (χ1v) is 7.26. The smallest absolute Gasteiger partial charge is 0.241 e. The standard InChI is InChI=1S/C7H15ClOSi/c1-5-7(8)6-9-10(2,3)4/h6H,5H2,1-4H3. The van der Waals surface area contributed by atoms with E-state index in [1.165, 1.54) is 0 Å². The molecule has 0 aromatic carbocycles. The van der Waals surface area contributed by atoms with Crippen molar-refractivity contribution in [2.75, 3.05) is 0 Å². The van der Waals surface area contributed by atoms with E-state index < -0.39 is 8.32 Å². The zero-order valence-electron chi connectivity index (χ0n) is 7.07. The summed E-state index contributed by atoms with van der Waals surface area (Å²) >= 11 is 5.73.